The molecule has 0 spiro atoms. The lowest BCUT2D eigenvalue weighted by atomic mass is 10.1. The number of hydrogen-bond acceptors (Lipinski definition) is 3. The van der Waals surface area contributed by atoms with E-state index in [-0.39, 0.29) is 12.1 Å². The van der Waals surface area contributed by atoms with Crippen molar-refractivity contribution in [2.45, 2.75) is 24.3 Å². The van der Waals surface area contributed by atoms with Gasteiger partial charge in [0.05, 0.1) is 6.04 Å². The van der Waals surface area contributed by atoms with Crippen LogP contribution in [0.2, 0.25) is 0 Å². The van der Waals surface area contributed by atoms with Gasteiger partial charge in [-0.2, -0.15) is 11.8 Å². The molecule has 0 saturated carbocycles. The van der Waals surface area contributed by atoms with Gasteiger partial charge < -0.3 is 11.1 Å². The van der Waals surface area contributed by atoms with Crippen LogP contribution in [0.4, 0.5) is 0 Å². The number of thioether (sulfide) groups is 1. The van der Waals surface area contributed by atoms with Gasteiger partial charge in [-0.25, -0.2) is 0 Å². The van der Waals surface area contributed by atoms with E-state index in [4.69, 9.17) is 5.73 Å². The zero-order valence-corrected chi connectivity index (χ0v) is 6.73. The number of nitrogens with one attached hydrogen (secondary N) is 1. The van der Waals surface area contributed by atoms with Gasteiger partial charge in [0, 0.05) is 17.0 Å². The average Bonchev–Trinajstić information content (AvgIpc) is 2.20. The summed E-state index contributed by atoms with van der Waals surface area (Å²) in [4.78, 5) is 10.1. The molecule has 0 radical (unpaired) electrons. The van der Waals surface area contributed by atoms with E-state index in [2.05, 4.69) is 12.2 Å². The molecule has 1 rings (SSSR count). The molecule has 0 aliphatic carbocycles. The van der Waals surface area contributed by atoms with Gasteiger partial charge in [0.25, 0.3) is 0 Å². The van der Waals surface area contributed by atoms with E-state index >= 15 is 0 Å². The van der Waals surface area contributed by atoms with E-state index in [1.807, 2.05) is 0 Å². The molecular weight excluding hydrogens is 148 g/mol. The highest BCUT2D eigenvalue weighted by Crippen LogP contribution is 2.24. The molecule has 1 amide bonds. The Balaban J connectivity index is 2.45. The number of amides is 1. The summed E-state index contributed by atoms with van der Waals surface area (Å²) in [5, 5.41) is 3.18. The van der Waals surface area contributed by atoms with Crippen molar-refractivity contribution in [3.05, 3.63) is 0 Å². The topological polar surface area (TPSA) is 55.1 Å². The molecule has 0 aromatic rings. The summed E-state index contributed by atoms with van der Waals surface area (Å²) in [6.07, 6.45) is 0.729. The van der Waals surface area contributed by atoms with Crippen LogP contribution in [0.5, 0.6) is 0 Å². The van der Waals surface area contributed by atoms with Crippen LogP contribution in [0.3, 0.4) is 0 Å². The van der Waals surface area contributed by atoms with Gasteiger partial charge in [-0.15, -0.1) is 0 Å². The van der Waals surface area contributed by atoms with Crippen LogP contribution in [-0.2, 0) is 4.79 Å². The van der Waals surface area contributed by atoms with Crippen molar-refractivity contribution in [1.29, 1.82) is 0 Å². The molecule has 3 nitrogen and oxygen atoms in total. The van der Waals surface area contributed by atoms with Crippen LogP contribution in [0.1, 0.15) is 6.92 Å². The van der Waals surface area contributed by atoms with Gasteiger partial charge in [0.1, 0.15) is 0 Å². The number of nitrogens with two attached hydrogens (primary N) is 1. The van der Waals surface area contributed by atoms with Crippen molar-refractivity contribution in [3.63, 3.8) is 0 Å². The molecule has 0 bridgehead atoms. The molecule has 3 atom stereocenters. The van der Waals surface area contributed by atoms with Crippen LogP contribution in [0, 0.1) is 0 Å². The second-order valence-corrected chi connectivity index (χ2v) is 3.92. The first-order valence-corrected chi connectivity index (χ1v) is 4.37. The van der Waals surface area contributed by atoms with Crippen molar-refractivity contribution in [1.82, 2.24) is 5.32 Å². The lowest BCUT2D eigenvalue weighted by Gasteiger charge is -2.16. The monoisotopic (exact) mass is 160 g/mol. The van der Waals surface area contributed by atoms with E-state index in [0.717, 1.165) is 12.2 Å². The maximum atomic E-state index is 10.1. The molecule has 3 N–H and O–H groups in total. The molecule has 3 unspecified atom stereocenters. The Bertz CT molecular complexity index is 121. The molecule has 58 valence electrons. The minimum absolute atomic E-state index is 0.130. The van der Waals surface area contributed by atoms with E-state index in [1.54, 1.807) is 11.8 Å². The van der Waals surface area contributed by atoms with Crippen LogP contribution in [0.25, 0.3) is 0 Å². The molecule has 0 aromatic heterocycles. The standard InChI is InChI=1S/C6H12N2OS/c1-4-6(8-3-9)5(7)2-10-4/h3-6H,2,7H2,1H3,(H,8,9). The van der Waals surface area contributed by atoms with E-state index < -0.39 is 0 Å². The zero-order chi connectivity index (χ0) is 7.56. The first kappa shape index (κ1) is 7.88. The predicted molar refractivity (Wildman–Crippen MR) is 42.9 cm³/mol. The third kappa shape index (κ3) is 1.44. The highest BCUT2D eigenvalue weighted by Gasteiger charge is 2.30. The smallest absolute Gasteiger partial charge is 0.207 e. The SMILES string of the molecule is CC1SCC(N)C1NC=O. The fourth-order valence-corrected chi connectivity index (χ4v) is 2.38. The summed E-state index contributed by atoms with van der Waals surface area (Å²) in [6, 6.07) is 0.299. The Labute approximate surface area is 64.7 Å². The maximum absolute atomic E-state index is 10.1. The Hall–Kier alpha value is -0.220. The van der Waals surface area contributed by atoms with E-state index in [1.165, 1.54) is 0 Å². The molecular formula is C6H12N2OS. The van der Waals surface area contributed by atoms with Gasteiger partial charge in [-0.3, -0.25) is 4.79 Å². The molecule has 1 aliphatic heterocycles. The third-order valence-electron chi connectivity index (χ3n) is 1.78. The second-order valence-electron chi connectivity index (χ2n) is 2.51. The van der Waals surface area contributed by atoms with E-state index in [9.17, 15) is 4.79 Å². The molecule has 10 heavy (non-hydrogen) atoms. The van der Waals surface area contributed by atoms with Crippen molar-refractivity contribution in [2.24, 2.45) is 5.73 Å². The Morgan fingerprint density at radius 1 is 1.80 bits per heavy atom. The quantitative estimate of drug-likeness (QED) is 0.539. The minimum atomic E-state index is 0.130. The maximum Gasteiger partial charge on any atom is 0.207 e. The lowest BCUT2D eigenvalue weighted by molar-refractivity contribution is -0.110. The summed E-state index contributed by atoms with van der Waals surface area (Å²) in [6.45, 7) is 2.08. The fourth-order valence-electron chi connectivity index (χ4n) is 1.16. The lowest BCUT2D eigenvalue weighted by Crippen LogP contribution is -2.46. The number of carbonyl (C=O) groups is 1. The van der Waals surface area contributed by atoms with E-state index in [0.29, 0.717) is 5.25 Å². The number of hydrogen-bond donors (Lipinski definition) is 2. The largest absolute Gasteiger partial charge is 0.353 e. The molecule has 1 heterocycles. The van der Waals surface area contributed by atoms with Crippen LogP contribution in [0.15, 0.2) is 0 Å². The van der Waals surface area contributed by atoms with Crippen molar-refractivity contribution >= 4 is 18.2 Å². The first-order chi connectivity index (χ1) is 4.75. The average molecular weight is 160 g/mol. The van der Waals surface area contributed by atoms with Gasteiger partial charge >= 0.3 is 0 Å². The van der Waals surface area contributed by atoms with Crippen molar-refractivity contribution < 1.29 is 4.79 Å². The molecule has 0 aromatic carbocycles. The summed E-state index contributed by atoms with van der Waals surface area (Å²) in [5.74, 6) is 0.951. The highest BCUT2D eigenvalue weighted by molar-refractivity contribution is 8.00. The summed E-state index contributed by atoms with van der Waals surface area (Å²) >= 11 is 1.81. The molecule has 1 aliphatic rings. The van der Waals surface area contributed by atoms with Gasteiger partial charge in [0.15, 0.2) is 0 Å². The van der Waals surface area contributed by atoms with Gasteiger partial charge in [-0.1, -0.05) is 6.92 Å². The second kappa shape index (κ2) is 3.25. The predicted octanol–water partition coefficient (Wildman–Crippen LogP) is -0.436. The van der Waals surface area contributed by atoms with Crippen molar-refractivity contribution in [3.8, 4) is 0 Å². The third-order valence-corrected chi connectivity index (χ3v) is 3.18. The minimum Gasteiger partial charge on any atom is -0.353 e. The zero-order valence-electron chi connectivity index (χ0n) is 5.91. The van der Waals surface area contributed by atoms with Crippen molar-refractivity contribution in [2.75, 3.05) is 5.75 Å². The highest BCUT2D eigenvalue weighted by atomic mass is 32.2. The Morgan fingerprint density at radius 2 is 2.50 bits per heavy atom. The Morgan fingerprint density at radius 3 is 2.90 bits per heavy atom. The number of carbonyl (C=O) groups excluding carboxylic acids is 1. The molecule has 1 saturated heterocycles. The normalized spacial score (nSPS) is 39.6. The number of rotatable bonds is 2. The summed E-state index contributed by atoms with van der Waals surface area (Å²) in [7, 11) is 0. The Kier molecular flexibility index (Phi) is 2.56. The summed E-state index contributed by atoms with van der Waals surface area (Å²) < 4.78 is 0. The van der Waals surface area contributed by atoms with Crippen LogP contribution in [-0.4, -0.2) is 29.5 Å². The van der Waals surface area contributed by atoms with Crippen LogP contribution < -0.4 is 11.1 Å². The van der Waals surface area contributed by atoms with Gasteiger partial charge in [-0.05, 0) is 0 Å². The van der Waals surface area contributed by atoms with Crippen LogP contribution >= 0.6 is 11.8 Å². The molecule has 1 fully saturated rings. The summed E-state index contributed by atoms with van der Waals surface area (Å²) in [5.41, 5.74) is 5.71. The van der Waals surface area contributed by atoms with Gasteiger partial charge in [0.2, 0.25) is 6.41 Å². The molecule has 4 heteroatoms. The fraction of sp³-hybridized carbons (Fsp3) is 0.833. The first-order valence-electron chi connectivity index (χ1n) is 3.32.